The van der Waals surface area contributed by atoms with E-state index < -0.39 is 5.41 Å². The third-order valence-electron chi connectivity index (χ3n) is 9.60. The number of carbonyl (C=O) groups excluding carboxylic acids is 2. The Balaban J connectivity index is 1.62. The Morgan fingerprint density at radius 1 is 0.800 bits per heavy atom. The van der Waals surface area contributed by atoms with Gasteiger partial charge in [-0.1, -0.05) is 106 Å². The maximum atomic E-state index is 13.2. The molecule has 1 aliphatic heterocycles. The van der Waals surface area contributed by atoms with Crippen LogP contribution in [0.1, 0.15) is 96.1 Å². The molecule has 0 spiro atoms. The van der Waals surface area contributed by atoms with Crippen molar-refractivity contribution < 1.29 is 19.1 Å². The van der Waals surface area contributed by atoms with Crippen LogP contribution in [0.4, 0.5) is 0 Å². The van der Waals surface area contributed by atoms with E-state index >= 15 is 0 Å². The van der Waals surface area contributed by atoms with Crippen molar-refractivity contribution in [3.63, 3.8) is 0 Å². The Bertz CT molecular complexity index is 1370. The number of hydrogen-bond acceptors (Lipinski definition) is 6. The number of aryl methyl sites for hydroxylation is 2. The summed E-state index contributed by atoms with van der Waals surface area (Å²) in [6.07, 6.45) is 34.9. The number of benzene rings is 1. The van der Waals surface area contributed by atoms with E-state index in [-0.39, 0.29) is 11.8 Å². The number of ether oxygens (including phenoxy) is 2. The zero-order valence-electron chi connectivity index (χ0n) is 35.0. The molecule has 55 heavy (non-hydrogen) atoms. The van der Waals surface area contributed by atoms with E-state index in [4.69, 9.17) is 9.47 Å². The second kappa shape index (κ2) is 30.5. The maximum absolute atomic E-state index is 13.2. The van der Waals surface area contributed by atoms with E-state index in [1.54, 1.807) is 0 Å². The third-order valence-corrected chi connectivity index (χ3v) is 9.60. The Labute approximate surface area is 334 Å². The highest BCUT2D eigenvalue weighted by Crippen LogP contribution is 2.24. The zero-order chi connectivity index (χ0) is 39.8. The van der Waals surface area contributed by atoms with E-state index in [0.29, 0.717) is 26.1 Å². The predicted molar refractivity (Wildman–Crippen MR) is 232 cm³/mol. The van der Waals surface area contributed by atoms with Crippen LogP contribution < -0.4 is 15.4 Å². The van der Waals surface area contributed by atoms with E-state index in [9.17, 15) is 9.59 Å². The predicted octanol–water partition coefficient (Wildman–Crippen LogP) is 8.83. The molecular formula is C47H74N4O4. The molecule has 1 saturated heterocycles. The van der Waals surface area contributed by atoms with Gasteiger partial charge in [0.2, 0.25) is 11.8 Å². The van der Waals surface area contributed by atoms with Gasteiger partial charge < -0.3 is 20.1 Å². The number of amides is 2. The largest absolute Gasteiger partial charge is 0.493 e. The van der Waals surface area contributed by atoms with Crippen molar-refractivity contribution in [1.82, 2.24) is 20.4 Å². The van der Waals surface area contributed by atoms with Gasteiger partial charge in [0.15, 0.2) is 0 Å². The second-order valence-electron chi connectivity index (χ2n) is 15.0. The molecule has 2 rings (SSSR count). The van der Waals surface area contributed by atoms with Crippen LogP contribution in [0.15, 0.2) is 91.1 Å². The summed E-state index contributed by atoms with van der Waals surface area (Å²) < 4.78 is 11.5. The molecular weight excluding hydrogens is 685 g/mol. The quantitative estimate of drug-likeness (QED) is 0.0628. The van der Waals surface area contributed by atoms with Gasteiger partial charge in [-0.3, -0.25) is 19.4 Å². The molecule has 8 nitrogen and oxygen atoms in total. The molecule has 2 amide bonds. The number of allylic oxidation sites excluding steroid dienone is 12. The first-order valence-electron chi connectivity index (χ1n) is 20.9. The molecule has 0 unspecified atom stereocenters. The third kappa shape index (κ3) is 24.4. The summed E-state index contributed by atoms with van der Waals surface area (Å²) in [5, 5.41) is 6.28. The highest BCUT2D eigenvalue weighted by atomic mass is 16.5. The molecule has 1 aromatic carbocycles. The molecule has 0 atom stereocenters. The second-order valence-corrected chi connectivity index (χ2v) is 15.0. The lowest BCUT2D eigenvalue weighted by Gasteiger charge is -2.30. The number of nitrogens with zero attached hydrogens (tertiary/aromatic N) is 2. The summed E-state index contributed by atoms with van der Waals surface area (Å²) in [5.74, 6) is 1.06. The normalized spacial score (nSPS) is 14.6. The van der Waals surface area contributed by atoms with Crippen LogP contribution in [0.2, 0.25) is 0 Å². The lowest BCUT2D eigenvalue weighted by Crippen LogP contribution is -2.46. The molecule has 2 N–H and O–H groups in total. The lowest BCUT2D eigenvalue weighted by molar-refractivity contribution is -0.129. The Kier molecular flexibility index (Phi) is 26.3. The number of nitrogens with one attached hydrogen (secondary N) is 2. The fourth-order valence-electron chi connectivity index (χ4n) is 5.98. The van der Waals surface area contributed by atoms with Crippen LogP contribution in [0.5, 0.6) is 5.75 Å². The highest BCUT2D eigenvalue weighted by molar-refractivity contribution is 5.81. The van der Waals surface area contributed by atoms with Crippen LogP contribution in [0.25, 0.3) is 0 Å². The fourth-order valence-corrected chi connectivity index (χ4v) is 5.98. The lowest BCUT2D eigenvalue weighted by atomic mass is 9.87. The topological polar surface area (TPSA) is 83.1 Å². The first-order chi connectivity index (χ1) is 26.7. The number of hydrogen-bond donors (Lipinski definition) is 2. The van der Waals surface area contributed by atoms with Crippen molar-refractivity contribution in [3.05, 3.63) is 102 Å². The monoisotopic (exact) mass is 759 g/mol. The molecule has 1 aromatic rings. The fraction of sp³-hybridized carbons (Fsp3) is 0.574. The van der Waals surface area contributed by atoms with Crippen molar-refractivity contribution in [2.24, 2.45) is 5.41 Å². The average Bonchev–Trinajstić information content (AvgIpc) is 3.17. The minimum Gasteiger partial charge on any atom is -0.493 e. The first-order valence-corrected chi connectivity index (χ1v) is 20.9. The van der Waals surface area contributed by atoms with Gasteiger partial charge in [0.05, 0.1) is 19.8 Å². The molecule has 0 saturated carbocycles. The van der Waals surface area contributed by atoms with E-state index in [2.05, 4.69) is 132 Å². The van der Waals surface area contributed by atoms with Crippen molar-refractivity contribution >= 4 is 11.8 Å². The van der Waals surface area contributed by atoms with Crippen LogP contribution in [0, 0.1) is 19.3 Å². The van der Waals surface area contributed by atoms with Gasteiger partial charge in [-0.25, -0.2) is 0 Å². The van der Waals surface area contributed by atoms with Crippen LogP contribution in [0.3, 0.4) is 0 Å². The summed E-state index contributed by atoms with van der Waals surface area (Å²) in [4.78, 5) is 30.5. The summed E-state index contributed by atoms with van der Waals surface area (Å²) >= 11 is 0. The van der Waals surface area contributed by atoms with Crippen molar-refractivity contribution in [2.45, 2.75) is 98.8 Å². The standard InChI is InChI=1S/C47H74N4O4/c1-6-7-8-9-10-11-12-13-14-15-16-17-18-19-20-21-22-23-24-26-45(52)48-30-32-50(34-35-51-36-39-54-40-37-51)33-31-49-46(53)47(4,5)29-25-38-55-44-41-42(2)27-28-43(44)3/h7-8,10-11,13-14,16-17,19-20,22-23,27-28,41H,6,9,12,15,18,21,24-26,29-40H2,1-5H3,(H,48,52)(H,49,53)/b8-7-,11-10-,14-13-,17-16-,20-19-,23-22-. The smallest absolute Gasteiger partial charge is 0.225 e. The molecule has 0 radical (unpaired) electrons. The summed E-state index contributed by atoms with van der Waals surface area (Å²) in [6, 6.07) is 6.23. The summed E-state index contributed by atoms with van der Waals surface area (Å²) in [7, 11) is 0. The van der Waals surface area contributed by atoms with Gasteiger partial charge in [0.1, 0.15) is 5.75 Å². The van der Waals surface area contributed by atoms with E-state index in [1.807, 2.05) is 13.8 Å². The van der Waals surface area contributed by atoms with Crippen molar-refractivity contribution in [1.29, 1.82) is 0 Å². The van der Waals surface area contributed by atoms with Gasteiger partial charge in [0.25, 0.3) is 0 Å². The number of morpholine rings is 1. The minimum atomic E-state index is -0.485. The maximum Gasteiger partial charge on any atom is 0.225 e. The highest BCUT2D eigenvalue weighted by Gasteiger charge is 2.27. The molecule has 0 aromatic heterocycles. The summed E-state index contributed by atoms with van der Waals surface area (Å²) in [6.45, 7) is 18.8. The van der Waals surface area contributed by atoms with Gasteiger partial charge >= 0.3 is 0 Å². The molecule has 1 aliphatic rings. The Morgan fingerprint density at radius 3 is 1.96 bits per heavy atom. The molecule has 0 bridgehead atoms. The molecule has 8 heteroatoms. The molecule has 1 heterocycles. The zero-order valence-corrected chi connectivity index (χ0v) is 35.0. The van der Waals surface area contributed by atoms with Gasteiger partial charge in [-0.15, -0.1) is 0 Å². The molecule has 306 valence electrons. The Hall–Kier alpha value is -3.72. The SMILES string of the molecule is CC/C=C\C/C=C\C/C=C\C/C=C\C/C=C\C/C=C\CCC(=O)NCCN(CCNC(=O)C(C)(C)CCCOc1cc(C)ccc1C)CCN1CCOCC1. The van der Waals surface area contributed by atoms with Gasteiger partial charge in [-0.2, -0.15) is 0 Å². The van der Waals surface area contributed by atoms with Crippen LogP contribution in [-0.2, 0) is 14.3 Å². The van der Waals surface area contributed by atoms with Gasteiger partial charge in [0, 0.05) is 64.2 Å². The molecule has 1 fully saturated rings. The minimum absolute atomic E-state index is 0.0649. The van der Waals surface area contributed by atoms with Crippen LogP contribution in [-0.4, -0.2) is 93.8 Å². The van der Waals surface area contributed by atoms with Crippen molar-refractivity contribution in [3.8, 4) is 5.75 Å². The van der Waals surface area contributed by atoms with E-state index in [1.165, 1.54) is 5.56 Å². The number of rotatable bonds is 29. The van der Waals surface area contributed by atoms with Gasteiger partial charge in [-0.05, 0) is 88.8 Å². The first kappa shape index (κ1) is 47.4. The average molecular weight is 759 g/mol. The van der Waals surface area contributed by atoms with E-state index in [0.717, 1.165) is 122 Å². The molecule has 0 aliphatic carbocycles. The Morgan fingerprint density at radius 2 is 1.36 bits per heavy atom. The number of carbonyl (C=O) groups is 2. The summed E-state index contributed by atoms with van der Waals surface area (Å²) in [5.41, 5.74) is 1.82. The van der Waals surface area contributed by atoms with Crippen molar-refractivity contribution in [2.75, 3.05) is 72.2 Å². The van der Waals surface area contributed by atoms with Crippen LogP contribution >= 0.6 is 0 Å².